The van der Waals surface area contributed by atoms with E-state index in [9.17, 15) is 14.4 Å². The Morgan fingerprint density at radius 2 is 2.07 bits per heavy atom. The molecule has 3 heterocycles. The fourth-order valence-electron chi connectivity index (χ4n) is 2.90. The number of piperidine rings is 1. The van der Waals surface area contributed by atoms with Gasteiger partial charge < -0.3 is 9.64 Å². The maximum atomic E-state index is 12.5. The average molecular weight is 408 g/mol. The third-order valence-electron chi connectivity index (χ3n) is 4.32. The fourth-order valence-corrected chi connectivity index (χ4v) is 4.23. The number of thiophene rings is 1. The summed E-state index contributed by atoms with van der Waals surface area (Å²) in [6.07, 6.45) is 1.45. The Bertz CT molecular complexity index is 795. The lowest BCUT2D eigenvalue weighted by Gasteiger charge is -2.30. The number of rotatable bonds is 6. The molecule has 7 nitrogen and oxygen atoms in total. The molecular weight excluding hydrogens is 386 g/mol. The summed E-state index contributed by atoms with van der Waals surface area (Å²) in [4.78, 5) is 43.0. The molecule has 1 aliphatic heterocycles. The summed E-state index contributed by atoms with van der Waals surface area (Å²) in [6, 6.07) is 3.56. The van der Waals surface area contributed by atoms with E-state index >= 15 is 0 Å². The first-order valence-electron chi connectivity index (χ1n) is 8.80. The number of hydrogen-bond acceptors (Lipinski definition) is 7. The van der Waals surface area contributed by atoms with Crippen LogP contribution < -0.4 is 5.32 Å². The number of thiazole rings is 1. The zero-order chi connectivity index (χ0) is 19.2. The molecule has 0 atom stereocenters. The highest BCUT2D eigenvalue weighted by Crippen LogP contribution is 2.21. The lowest BCUT2D eigenvalue weighted by Crippen LogP contribution is -2.41. The summed E-state index contributed by atoms with van der Waals surface area (Å²) in [5.41, 5.74) is 0.638. The minimum absolute atomic E-state index is 0.0151. The second-order valence-electron chi connectivity index (χ2n) is 6.16. The van der Waals surface area contributed by atoms with Gasteiger partial charge in [0.05, 0.1) is 29.5 Å². The molecule has 2 amide bonds. The van der Waals surface area contributed by atoms with Crippen LogP contribution in [0.5, 0.6) is 0 Å². The van der Waals surface area contributed by atoms with Gasteiger partial charge in [-0.15, -0.1) is 22.7 Å². The molecule has 3 rings (SSSR count). The van der Waals surface area contributed by atoms with Crippen molar-refractivity contribution < 1.29 is 19.1 Å². The Hall–Kier alpha value is -2.26. The third kappa shape index (κ3) is 5.14. The van der Waals surface area contributed by atoms with E-state index in [2.05, 4.69) is 10.3 Å². The molecule has 0 saturated carbocycles. The third-order valence-corrected chi connectivity index (χ3v) is 5.99. The number of nitrogens with one attached hydrogen (secondary N) is 1. The number of carbonyl (C=O) groups is 3. The number of anilines is 1. The van der Waals surface area contributed by atoms with Gasteiger partial charge in [-0.2, -0.15) is 0 Å². The molecule has 0 aliphatic carbocycles. The minimum atomic E-state index is -0.196. The number of likely N-dealkylation sites (tertiary alicyclic amines) is 1. The van der Waals surface area contributed by atoms with Crippen molar-refractivity contribution in [3.8, 4) is 0 Å². The number of ether oxygens (including phenoxy) is 1. The standard InChI is InChI=1S/C18H21N3O4S2/c1-2-25-17(24)12-5-7-21(8-6-12)15(22)10-13-11-27-18(19-13)20-16(23)14-4-3-9-26-14/h3-4,9,11-12H,2,5-8,10H2,1H3,(H,19,20,23). The molecule has 144 valence electrons. The summed E-state index contributed by atoms with van der Waals surface area (Å²) in [5.74, 6) is -0.500. The molecule has 1 N–H and O–H groups in total. The predicted molar refractivity (Wildman–Crippen MR) is 104 cm³/mol. The maximum absolute atomic E-state index is 12.5. The van der Waals surface area contributed by atoms with Crippen molar-refractivity contribution in [1.82, 2.24) is 9.88 Å². The first-order valence-corrected chi connectivity index (χ1v) is 10.6. The zero-order valence-electron chi connectivity index (χ0n) is 15.0. The van der Waals surface area contributed by atoms with Crippen LogP contribution in [0.25, 0.3) is 0 Å². The van der Waals surface area contributed by atoms with E-state index in [1.54, 1.807) is 23.3 Å². The first kappa shape index (κ1) is 19.5. The number of amides is 2. The van der Waals surface area contributed by atoms with Gasteiger partial charge in [0.1, 0.15) is 0 Å². The van der Waals surface area contributed by atoms with E-state index in [0.29, 0.717) is 48.2 Å². The fraction of sp³-hybridized carbons (Fsp3) is 0.444. The van der Waals surface area contributed by atoms with Crippen LogP contribution in [0.3, 0.4) is 0 Å². The highest BCUT2D eigenvalue weighted by molar-refractivity contribution is 7.14. The van der Waals surface area contributed by atoms with Gasteiger partial charge in [0.2, 0.25) is 5.91 Å². The number of hydrogen-bond donors (Lipinski definition) is 1. The van der Waals surface area contributed by atoms with Gasteiger partial charge in [-0.25, -0.2) is 4.98 Å². The van der Waals surface area contributed by atoms with E-state index in [-0.39, 0.29) is 30.1 Å². The van der Waals surface area contributed by atoms with Crippen molar-refractivity contribution >= 4 is 45.6 Å². The molecule has 0 aromatic carbocycles. The van der Waals surface area contributed by atoms with Crippen molar-refractivity contribution in [2.45, 2.75) is 26.2 Å². The average Bonchev–Trinajstić information content (AvgIpc) is 3.34. The molecule has 0 radical (unpaired) electrons. The molecule has 2 aromatic heterocycles. The van der Waals surface area contributed by atoms with Gasteiger partial charge in [-0.05, 0) is 31.2 Å². The highest BCUT2D eigenvalue weighted by atomic mass is 32.1. The van der Waals surface area contributed by atoms with Crippen molar-refractivity contribution in [3.05, 3.63) is 33.5 Å². The molecule has 27 heavy (non-hydrogen) atoms. The molecular formula is C18H21N3O4S2. The van der Waals surface area contributed by atoms with Crippen LogP contribution >= 0.6 is 22.7 Å². The number of aromatic nitrogens is 1. The Labute approximate surface area is 165 Å². The highest BCUT2D eigenvalue weighted by Gasteiger charge is 2.28. The zero-order valence-corrected chi connectivity index (χ0v) is 16.6. The second kappa shape index (κ2) is 9.09. The van der Waals surface area contributed by atoms with E-state index in [1.165, 1.54) is 22.7 Å². The summed E-state index contributed by atoms with van der Waals surface area (Å²) in [6.45, 7) is 3.28. The molecule has 1 aliphatic rings. The molecule has 1 saturated heterocycles. The molecule has 2 aromatic rings. The quantitative estimate of drug-likeness (QED) is 0.744. The summed E-state index contributed by atoms with van der Waals surface area (Å²) >= 11 is 2.67. The Balaban J connectivity index is 1.48. The van der Waals surface area contributed by atoms with Gasteiger partial charge >= 0.3 is 5.97 Å². The Morgan fingerprint density at radius 1 is 1.30 bits per heavy atom. The Morgan fingerprint density at radius 3 is 2.74 bits per heavy atom. The predicted octanol–water partition coefficient (Wildman–Crippen LogP) is 2.80. The van der Waals surface area contributed by atoms with Crippen molar-refractivity contribution in [3.63, 3.8) is 0 Å². The van der Waals surface area contributed by atoms with Gasteiger partial charge in [0, 0.05) is 18.5 Å². The van der Waals surface area contributed by atoms with Crippen LogP contribution in [0.15, 0.2) is 22.9 Å². The SMILES string of the molecule is CCOC(=O)C1CCN(C(=O)Cc2csc(NC(=O)c3cccs3)n2)CC1. The van der Waals surface area contributed by atoms with Gasteiger partial charge in [0.25, 0.3) is 5.91 Å². The van der Waals surface area contributed by atoms with Crippen LogP contribution in [0.4, 0.5) is 5.13 Å². The summed E-state index contributed by atoms with van der Waals surface area (Å²) in [7, 11) is 0. The summed E-state index contributed by atoms with van der Waals surface area (Å²) in [5, 5.41) is 6.86. The number of nitrogens with zero attached hydrogens (tertiary/aromatic N) is 2. The van der Waals surface area contributed by atoms with Crippen LogP contribution in [-0.2, 0) is 20.7 Å². The number of esters is 1. The Kier molecular flexibility index (Phi) is 6.57. The largest absolute Gasteiger partial charge is 0.466 e. The smallest absolute Gasteiger partial charge is 0.309 e. The second-order valence-corrected chi connectivity index (χ2v) is 7.97. The van der Waals surface area contributed by atoms with Crippen LogP contribution in [0.2, 0.25) is 0 Å². The molecule has 0 bridgehead atoms. The lowest BCUT2D eigenvalue weighted by molar-refractivity contribution is -0.151. The van der Waals surface area contributed by atoms with Crippen molar-refractivity contribution in [2.24, 2.45) is 5.92 Å². The maximum Gasteiger partial charge on any atom is 0.309 e. The van der Waals surface area contributed by atoms with E-state index < -0.39 is 0 Å². The van der Waals surface area contributed by atoms with Crippen molar-refractivity contribution in [2.75, 3.05) is 25.0 Å². The molecule has 9 heteroatoms. The van der Waals surface area contributed by atoms with Gasteiger partial charge in [-0.1, -0.05) is 6.07 Å². The van der Waals surface area contributed by atoms with Crippen LogP contribution in [-0.4, -0.2) is 47.4 Å². The molecule has 0 spiro atoms. The van der Waals surface area contributed by atoms with E-state index in [0.717, 1.165) is 0 Å². The van der Waals surface area contributed by atoms with E-state index in [1.807, 2.05) is 11.4 Å². The lowest BCUT2D eigenvalue weighted by atomic mass is 9.97. The van der Waals surface area contributed by atoms with Gasteiger partial charge in [-0.3, -0.25) is 19.7 Å². The van der Waals surface area contributed by atoms with E-state index in [4.69, 9.17) is 4.74 Å². The molecule has 0 unspecified atom stereocenters. The van der Waals surface area contributed by atoms with Crippen LogP contribution in [0, 0.1) is 5.92 Å². The topological polar surface area (TPSA) is 88.6 Å². The number of carbonyl (C=O) groups excluding carboxylic acids is 3. The van der Waals surface area contributed by atoms with Gasteiger partial charge in [0.15, 0.2) is 5.13 Å². The first-order chi connectivity index (χ1) is 13.1. The monoisotopic (exact) mass is 407 g/mol. The van der Waals surface area contributed by atoms with Crippen LogP contribution in [0.1, 0.15) is 35.1 Å². The molecule has 1 fully saturated rings. The summed E-state index contributed by atoms with van der Waals surface area (Å²) < 4.78 is 5.05. The normalized spacial score (nSPS) is 14.8. The minimum Gasteiger partial charge on any atom is -0.466 e. The van der Waals surface area contributed by atoms with Crippen molar-refractivity contribution in [1.29, 1.82) is 0 Å².